The molecule has 2 N–H and O–H groups in total. The third-order valence-electron chi connectivity index (χ3n) is 5.72. The molecule has 7 nitrogen and oxygen atoms in total. The highest BCUT2D eigenvalue weighted by Crippen LogP contribution is 2.37. The molecule has 3 aromatic rings. The van der Waals surface area contributed by atoms with Gasteiger partial charge in [-0.15, -0.1) is 0 Å². The standard InChI is InChI=1S/C20H23F3N6OS/c1-31-28-7-4-19(5-8-28,9-17(30)26-13-20(21,22)23)29-12-14(10-27-29)16-11-25-18-15(16)3-2-6-24-18/h2-3,6,10-12H,4-5,7-9,13H2,1H3,(H,24,25)(H,26,30). The number of alkyl halides is 3. The SMILES string of the molecule is CSN1CCC(CC(=O)NCC(F)(F)F)(n2cc(-c3c[nH]c4ncccc34)cn2)CC1. The van der Waals surface area contributed by atoms with E-state index >= 15 is 0 Å². The number of nitrogens with zero attached hydrogens (tertiary/aromatic N) is 4. The molecule has 1 aliphatic rings. The fraction of sp³-hybridized carbons (Fsp3) is 0.450. The van der Waals surface area contributed by atoms with Crippen molar-refractivity contribution in [3.05, 3.63) is 36.9 Å². The first-order valence-corrected chi connectivity index (χ1v) is 11.1. The van der Waals surface area contributed by atoms with Gasteiger partial charge < -0.3 is 10.3 Å². The van der Waals surface area contributed by atoms with E-state index in [0.29, 0.717) is 12.8 Å². The van der Waals surface area contributed by atoms with Gasteiger partial charge in [-0.1, -0.05) is 11.9 Å². The highest BCUT2D eigenvalue weighted by Gasteiger charge is 2.40. The first kappa shape index (κ1) is 21.7. The van der Waals surface area contributed by atoms with E-state index in [0.717, 1.165) is 35.2 Å². The van der Waals surface area contributed by atoms with Crippen molar-refractivity contribution in [1.29, 1.82) is 0 Å². The molecule has 31 heavy (non-hydrogen) atoms. The van der Waals surface area contributed by atoms with Gasteiger partial charge in [0.25, 0.3) is 0 Å². The molecule has 0 atom stereocenters. The zero-order chi connectivity index (χ0) is 22.1. The summed E-state index contributed by atoms with van der Waals surface area (Å²) in [7, 11) is 0. The fourth-order valence-corrected chi connectivity index (χ4v) is 4.60. The fourth-order valence-electron chi connectivity index (χ4n) is 4.05. The number of halogens is 3. The first-order chi connectivity index (χ1) is 14.8. The Balaban J connectivity index is 1.61. The Kier molecular flexibility index (Phi) is 5.98. The quantitative estimate of drug-likeness (QED) is 0.559. The summed E-state index contributed by atoms with van der Waals surface area (Å²) in [6.45, 7) is 0.116. The molecule has 0 aliphatic carbocycles. The minimum Gasteiger partial charge on any atom is -0.347 e. The molecule has 3 aromatic heterocycles. The summed E-state index contributed by atoms with van der Waals surface area (Å²) in [6, 6.07) is 3.82. The van der Waals surface area contributed by atoms with Crippen LogP contribution in [0.15, 0.2) is 36.9 Å². The number of hydrogen-bond acceptors (Lipinski definition) is 5. The summed E-state index contributed by atoms with van der Waals surface area (Å²) in [6.07, 6.45) is 5.90. The number of aromatic amines is 1. The van der Waals surface area contributed by atoms with Crippen molar-refractivity contribution < 1.29 is 18.0 Å². The maximum atomic E-state index is 12.5. The lowest BCUT2D eigenvalue weighted by Gasteiger charge is -2.41. The first-order valence-electron chi connectivity index (χ1n) is 9.90. The van der Waals surface area contributed by atoms with E-state index < -0.39 is 24.2 Å². The van der Waals surface area contributed by atoms with E-state index in [1.807, 2.05) is 36.1 Å². The molecule has 1 amide bonds. The Morgan fingerprint density at radius 1 is 1.35 bits per heavy atom. The van der Waals surface area contributed by atoms with Gasteiger partial charge in [0, 0.05) is 48.2 Å². The highest BCUT2D eigenvalue weighted by molar-refractivity contribution is 7.96. The van der Waals surface area contributed by atoms with Crippen molar-refractivity contribution in [2.45, 2.75) is 31.0 Å². The summed E-state index contributed by atoms with van der Waals surface area (Å²) < 4.78 is 41.6. The number of rotatable bonds is 6. The van der Waals surface area contributed by atoms with Gasteiger partial charge in [0.2, 0.25) is 5.91 Å². The Morgan fingerprint density at radius 3 is 2.84 bits per heavy atom. The van der Waals surface area contributed by atoms with Crippen molar-refractivity contribution in [2.24, 2.45) is 0 Å². The Morgan fingerprint density at radius 2 is 2.13 bits per heavy atom. The summed E-state index contributed by atoms with van der Waals surface area (Å²) in [4.78, 5) is 19.8. The molecule has 4 heterocycles. The number of fused-ring (bicyclic) bond motifs is 1. The smallest absolute Gasteiger partial charge is 0.347 e. The zero-order valence-corrected chi connectivity index (χ0v) is 17.8. The minimum absolute atomic E-state index is 0.0537. The van der Waals surface area contributed by atoms with Crippen LogP contribution >= 0.6 is 11.9 Å². The van der Waals surface area contributed by atoms with Gasteiger partial charge in [0.1, 0.15) is 12.2 Å². The average molecular weight is 453 g/mol. The predicted molar refractivity (Wildman–Crippen MR) is 113 cm³/mol. The molecule has 1 saturated heterocycles. The second kappa shape index (κ2) is 8.54. The number of H-pyrrole nitrogens is 1. The molecular weight excluding hydrogens is 429 g/mol. The molecule has 0 saturated carbocycles. The molecular formula is C20H23F3N6OS. The lowest BCUT2D eigenvalue weighted by Crippen LogP contribution is -2.48. The summed E-state index contributed by atoms with van der Waals surface area (Å²) in [5.74, 6) is -0.622. The van der Waals surface area contributed by atoms with Crippen LogP contribution in [-0.4, -0.2) is 62.0 Å². The van der Waals surface area contributed by atoms with Crippen molar-refractivity contribution in [3.63, 3.8) is 0 Å². The van der Waals surface area contributed by atoms with Gasteiger partial charge in [0.15, 0.2) is 0 Å². The van der Waals surface area contributed by atoms with E-state index in [2.05, 4.69) is 19.4 Å². The van der Waals surface area contributed by atoms with Crippen LogP contribution in [0.2, 0.25) is 0 Å². The van der Waals surface area contributed by atoms with Crippen molar-refractivity contribution in [1.82, 2.24) is 29.4 Å². The lowest BCUT2D eigenvalue weighted by molar-refractivity contribution is -0.140. The van der Waals surface area contributed by atoms with Gasteiger partial charge in [-0.3, -0.25) is 13.8 Å². The maximum Gasteiger partial charge on any atom is 0.405 e. The molecule has 1 fully saturated rings. The minimum atomic E-state index is -4.44. The van der Waals surface area contributed by atoms with E-state index in [9.17, 15) is 18.0 Å². The van der Waals surface area contributed by atoms with E-state index in [1.165, 1.54) is 0 Å². The number of pyridine rings is 1. The highest BCUT2D eigenvalue weighted by atomic mass is 32.2. The van der Waals surface area contributed by atoms with E-state index in [-0.39, 0.29) is 6.42 Å². The lowest BCUT2D eigenvalue weighted by atomic mass is 9.84. The number of piperidine rings is 1. The van der Waals surface area contributed by atoms with Crippen LogP contribution < -0.4 is 5.32 Å². The van der Waals surface area contributed by atoms with Crippen LogP contribution in [0.25, 0.3) is 22.2 Å². The number of carbonyl (C=O) groups excluding carboxylic acids is 1. The second-order valence-corrected chi connectivity index (χ2v) is 8.56. The van der Waals surface area contributed by atoms with E-state index in [4.69, 9.17) is 0 Å². The predicted octanol–water partition coefficient (Wildman–Crippen LogP) is 3.56. The van der Waals surface area contributed by atoms with Crippen molar-refractivity contribution >= 4 is 28.9 Å². The largest absolute Gasteiger partial charge is 0.405 e. The topological polar surface area (TPSA) is 78.8 Å². The molecule has 0 unspecified atom stereocenters. The third kappa shape index (κ3) is 4.72. The number of hydrogen-bond donors (Lipinski definition) is 2. The van der Waals surface area contributed by atoms with Crippen LogP contribution in [0.3, 0.4) is 0 Å². The second-order valence-electron chi connectivity index (χ2n) is 7.68. The van der Waals surface area contributed by atoms with Gasteiger partial charge in [0.05, 0.1) is 18.2 Å². The summed E-state index contributed by atoms with van der Waals surface area (Å²) in [5, 5.41) is 7.51. The van der Waals surface area contributed by atoms with Gasteiger partial charge in [-0.05, 0) is 31.2 Å². The molecule has 0 bridgehead atoms. The third-order valence-corrected chi connectivity index (χ3v) is 6.60. The van der Waals surface area contributed by atoms with Crippen LogP contribution in [0.5, 0.6) is 0 Å². The Labute approximate surface area is 181 Å². The van der Waals surface area contributed by atoms with Crippen molar-refractivity contribution in [2.75, 3.05) is 25.9 Å². The average Bonchev–Trinajstić information content (AvgIpc) is 3.40. The molecule has 0 spiro atoms. The van der Waals surface area contributed by atoms with Crippen LogP contribution in [0, 0.1) is 0 Å². The van der Waals surface area contributed by atoms with Crippen LogP contribution in [0.1, 0.15) is 19.3 Å². The van der Waals surface area contributed by atoms with Crippen LogP contribution in [0.4, 0.5) is 13.2 Å². The molecule has 11 heteroatoms. The normalized spacial score (nSPS) is 17.2. The summed E-state index contributed by atoms with van der Waals surface area (Å²) >= 11 is 1.62. The molecule has 4 rings (SSSR count). The molecule has 1 aliphatic heterocycles. The number of amides is 1. The van der Waals surface area contributed by atoms with Gasteiger partial charge in [-0.25, -0.2) is 4.98 Å². The van der Waals surface area contributed by atoms with Crippen molar-refractivity contribution in [3.8, 4) is 11.1 Å². The number of nitrogens with one attached hydrogen (secondary N) is 2. The Bertz CT molecular complexity index is 1050. The Hall–Kier alpha value is -2.53. The zero-order valence-electron chi connectivity index (χ0n) is 16.9. The molecule has 0 aromatic carbocycles. The van der Waals surface area contributed by atoms with Crippen LogP contribution in [-0.2, 0) is 10.3 Å². The number of carbonyl (C=O) groups is 1. The van der Waals surface area contributed by atoms with Gasteiger partial charge in [-0.2, -0.15) is 18.3 Å². The monoisotopic (exact) mass is 452 g/mol. The summed E-state index contributed by atoms with van der Waals surface area (Å²) in [5.41, 5.74) is 1.89. The maximum absolute atomic E-state index is 12.5. The molecule has 166 valence electrons. The number of aromatic nitrogens is 4. The van der Waals surface area contributed by atoms with E-state index in [1.54, 1.807) is 29.0 Å². The molecule has 0 radical (unpaired) electrons. The van der Waals surface area contributed by atoms with Gasteiger partial charge >= 0.3 is 6.18 Å².